The highest BCUT2D eigenvalue weighted by molar-refractivity contribution is 7.80. The van der Waals surface area contributed by atoms with Gasteiger partial charge in [0.2, 0.25) is 5.91 Å². The molecular weight excluding hydrogens is 256 g/mol. The maximum atomic E-state index is 11.5. The molecule has 0 aromatic heterocycles. The molecule has 0 unspecified atom stereocenters. The van der Waals surface area contributed by atoms with Gasteiger partial charge in [-0.1, -0.05) is 31.5 Å². The highest BCUT2D eigenvalue weighted by atomic mass is 35.5. The summed E-state index contributed by atoms with van der Waals surface area (Å²) in [5.74, 6) is 0.225. The smallest absolute Gasteiger partial charge is 0.226 e. The van der Waals surface area contributed by atoms with Gasteiger partial charge in [-0.05, 0) is 36.3 Å². The van der Waals surface area contributed by atoms with Crippen LogP contribution in [0, 0.1) is 5.92 Å². The zero-order valence-electron chi connectivity index (χ0n) is 9.79. The number of carbonyl (C=O) groups excluding carboxylic acids is 1. The lowest BCUT2D eigenvalue weighted by atomic mass is 10.1. The van der Waals surface area contributed by atoms with Gasteiger partial charge in [0.1, 0.15) is 0 Å². The molecular formula is C12H15ClN2OS. The van der Waals surface area contributed by atoms with Gasteiger partial charge < -0.3 is 10.6 Å². The largest absolute Gasteiger partial charge is 0.332 e. The zero-order valence-corrected chi connectivity index (χ0v) is 11.4. The fraction of sp³-hybridized carbons (Fsp3) is 0.333. The molecule has 1 aromatic rings. The number of halogens is 1. The summed E-state index contributed by atoms with van der Waals surface area (Å²) in [6, 6.07) is 7.14. The second-order valence-electron chi connectivity index (χ2n) is 4.11. The number of rotatable bonds is 3. The Morgan fingerprint density at radius 1 is 1.47 bits per heavy atom. The first-order valence-electron chi connectivity index (χ1n) is 5.34. The van der Waals surface area contributed by atoms with E-state index in [-0.39, 0.29) is 11.0 Å². The fourth-order valence-electron chi connectivity index (χ4n) is 1.28. The monoisotopic (exact) mass is 270 g/mol. The van der Waals surface area contributed by atoms with E-state index in [0.29, 0.717) is 17.4 Å². The minimum atomic E-state index is -0.0838. The Balaban J connectivity index is 2.47. The summed E-state index contributed by atoms with van der Waals surface area (Å²) in [5.41, 5.74) is 0.757. The Morgan fingerprint density at radius 2 is 2.18 bits per heavy atom. The standard InChI is InChI=1S/C12H15ClN2OS/c1-8(2)6-11(16)15-12(17)14-10-5-3-4-9(13)7-10/h3-5,7-8H,6H2,1-2H3,(H2,14,15,16,17). The highest BCUT2D eigenvalue weighted by Gasteiger charge is 2.07. The van der Waals surface area contributed by atoms with E-state index in [1.165, 1.54) is 0 Å². The molecule has 0 heterocycles. The van der Waals surface area contributed by atoms with Crippen LogP contribution in [0.3, 0.4) is 0 Å². The van der Waals surface area contributed by atoms with Gasteiger partial charge in [-0.3, -0.25) is 4.79 Å². The molecule has 92 valence electrons. The third-order valence-corrected chi connectivity index (χ3v) is 2.37. The van der Waals surface area contributed by atoms with E-state index in [9.17, 15) is 4.79 Å². The lowest BCUT2D eigenvalue weighted by Gasteiger charge is -2.10. The molecule has 2 N–H and O–H groups in total. The number of thiocarbonyl (C=S) groups is 1. The number of nitrogens with one attached hydrogen (secondary N) is 2. The van der Waals surface area contributed by atoms with E-state index in [4.69, 9.17) is 23.8 Å². The minimum Gasteiger partial charge on any atom is -0.332 e. The van der Waals surface area contributed by atoms with Gasteiger partial charge in [-0.25, -0.2) is 0 Å². The molecule has 0 fully saturated rings. The molecule has 1 rings (SSSR count). The van der Waals surface area contributed by atoms with E-state index >= 15 is 0 Å². The normalized spacial score (nSPS) is 10.1. The van der Waals surface area contributed by atoms with Crippen molar-refractivity contribution >= 4 is 40.5 Å². The molecule has 0 bridgehead atoms. The number of amides is 1. The van der Waals surface area contributed by atoms with Crippen molar-refractivity contribution in [3.8, 4) is 0 Å². The van der Waals surface area contributed by atoms with E-state index in [1.807, 2.05) is 26.0 Å². The van der Waals surface area contributed by atoms with Crippen LogP contribution >= 0.6 is 23.8 Å². The quantitative estimate of drug-likeness (QED) is 0.829. The van der Waals surface area contributed by atoms with Crippen molar-refractivity contribution in [1.29, 1.82) is 0 Å². The van der Waals surface area contributed by atoms with Gasteiger partial charge in [0.25, 0.3) is 0 Å². The van der Waals surface area contributed by atoms with Crippen molar-refractivity contribution in [2.75, 3.05) is 5.32 Å². The van der Waals surface area contributed by atoms with Crippen LogP contribution in [0.25, 0.3) is 0 Å². The average molecular weight is 271 g/mol. The van der Waals surface area contributed by atoms with Crippen molar-refractivity contribution < 1.29 is 4.79 Å². The molecule has 17 heavy (non-hydrogen) atoms. The van der Waals surface area contributed by atoms with Crippen molar-refractivity contribution in [3.05, 3.63) is 29.3 Å². The van der Waals surface area contributed by atoms with Gasteiger partial charge in [-0.15, -0.1) is 0 Å². The summed E-state index contributed by atoms with van der Waals surface area (Å²) < 4.78 is 0. The highest BCUT2D eigenvalue weighted by Crippen LogP contribution is 2.14. The van der Waals surface area contributed by atoms with Crippen LogP contribution in [0.2, 0.25) is 5.02 Å². The molecule has 3 nitrogen and oxygen atoms in total. The summed E-state index contributed by atoms with van der Waals surface area (Å²) in [6.07, 6.45) is 0.456. The molecule has 0 atom stereocenters. The van der Waals surface area contributed by atoms with Crippen LogP contribution < -0.4 is 10.6 Å². The SMILES string of the molecule is CC(C)CC(=O)NC(=S)Nc1cccc(Cl)c1. The Hall–Kier alpha value is -1.13. The van der Waals surface area contributed by atoms with Gasteiger partial charge in [0.05, 0.1) is 0 Å². The maximum Gasteiger partial charge on any atom is 0.226 e. The van der Waals surface area contributed by atoms with Gasteiger partial charge in [0.15, 0.2) is 5.11 Å². The van der Waals surface area contributed by atoms with Crippen molar-refractivity contribution in [2.45, 2.75) is 20.3 Å². The Morgan fingerprint density at radius 3 is 2.76 bits per heavy atom. The van der Waals surface area contributed by atoms with Gasteiger partial charge in [0, 0.05) is 17.1 Å². The van der Waals surface area contributed by atoms with Crippen LogP contribution in [-0.2, 0) is 4.79 Å². The van der Waals surface area contributed by atoms with Crippen LogP contribution in [0.5, 0.6) is 0 Å². The molecule has 0 aliphatic rings. The number of benzene rings is 1. The van der Waals surface area contributed by atoms with E-state index in [1.54, 1.807) is 12.1 Å². The summed E-state index contributed by atoms with van der Waals surface area (Å²) in [7, 11) is 0. The lowest BCUT2D eigenvalue weighted by Crippen LogP contribution is -2.34. The molecule has 0 spiro atoms. The Bertz CT molecular complexity index is 421. The first-order chi connectivity index (χ1) is 7.97. The first-order valence-corrected chi connectivity index (χ1v) is 6.12. The molecule has 0 aliphatic carbocycles. The Labute approximate surface area is 112 Å². The first kappa shape index (κ1) is 13.9. The van der Waals surface area contributed by atoms with Crippen molar-refractivity contribution in [2.24, 2.45) is 5.92 Å². The van der Waals surface area contributed by atoms with E-state index in [2.05, 4.69) is 10.6 Å². The third kappa shape index (κ3) is 5.65. The third-order valence-electron chi connectivity index (χ3n) is 1.93. The van der Waals surface area contributed by atoms with Crippen LogP contribution in [-0.4, -0.2) is 11.0 Å². The number of hydrogen-bond donors (Lipinski definition) is 2. The van der Waals surface area contributed by atoms with Crippen LogP contribution in [0.1, 0.15) is 20.3 Å². The molecule has 0 radical (unpaired) electrons. The van der Waals surface area contributed by atoms with E-state index < -0.39 is 0 Å². The Kier molecular flexibility index (Phi) is 5.38. The predicted octanol–water partition coefficient (Wildman–Crippen LogP) is 3.20. The second-order valence-corrected chi connectivity index (χ2v) is 4.96. The lowest BCUT2D eigenvalue weighted by molar-refractivity contribution is -0.120. The molecule has 0 saturated heterocycles. The summed E-state index contributed by atoms with van der Waals surface area (Å²) in [5, 5.41) is 6.43. The van der Waals surface area contributed by atoms with E-state index in [0.717, 1.165) is 5.69 Å². The zero-order chi connectivity index (χ0) is 12.8. The molecule has 1 amide bonds. The summed E-state index contributed by atoms with van der Waals surface area (Å²) in [6.45, 7) is 3.96. The topological polar surface area (TPSA) is 41.1 Å². The molecule has 0 saturated carbocycles. The number of anilines is 1. The minimum absolute atomic E-state index is 0.0838. The summed E-state index contributed by atoms with van der Waals surface area (Å²) in [4.78, 5) is 11.5. The van der Waals surface area contributed by atoms with Gasteiger partial charge >= 0.3 is 0 Å². The predicted molar refractivity (Wildman–Crippen MR) is 75.3 cm³/mol. The molecule has 5 heteroatoms. The maximum absolute atomic E-state index is 11.5. The number of carbonyl (C=O) groups is 1. The van der Waals surface area contributed by atoms with Crippen LogP contribution in [0.15, 0.2) is 24.3 Å². The molecule has 0 aliphatic heterocycles. The van der Waals surface area contributed by atoms with Gasteiger partial charge in [-0.2, -0.15) is 0 Å². The average Bonchev–Trinajstić information content (AvgIpc) is 2.14. The van der Waals surface area contributed by atoms with Crippen LogP contribution in [0.4, 0.5) is 5.69 Å². The van der Waals surface area contributed by atoms with Crippen molar-refractivity contribution in [1.82, 2.24) is 5.32 Å². The van der Waals surface area contributed by atoms with Crippen molar-refractivity contribution in [3.63, 3.8) is 0 Å². The number of hydrogen-bond acceptors (Lipinski definition) is 2. The fourth-order valence-corrected chi connectivity index (χ4v) is 1.70. The second kappa shape index (κ2) is 6.57. The summed E-state index contributed by atoms with van der Waals surface area (Å²) >= 11 is 10.9. The molecule has 1 aromatic carbocycles.